The fraction of sp³-hybridized carbons (Fsp3) is 0.429. The summed E-state index contributed by atoms with van der Waals surface area (Å²) in [5.74, 6) is -0.139. The highest BCUT2D eigenvalue weighted by Crippen LogP contribution is 2.31. The Morgan fingerprint density at radius 1 is 1.42 bits per heavy atom. The van der Waals surface area contributed by atoms with Gasteiger partial charge < -0.3 is 10.1 Å². The Kier molecular flexibility index (Phi) is 4.43. The minimum atomic E-state index is -0.254. The van der Waals surface area contributed by atoms with Gasteiger partial charge in [-0.1, -0.05) is 23.7 Å². The van der Waals surface area contributed by atoms with Crippen molar-refractivity contribution < 1.29 is 14.3 Å². The molecule has 1 amide bonds. The van der Waals surface area contributed by atoms with Gasteiger partial charge in [-0.15, -0.1) is 0 Å². The second kappa shape index (κ2) is 6.06. The third-order valence-corrected chi connectivity index (χ3v) is 3.67. The number of halogens is 1. The minimum absolute atomic E-state index is 0.0206. The van der Waals surface area contributed by atoms with E-state index in [-0.39, 0.29) is 23.8 Å². The number of benzene rings is 1. The van der Waals surface area contributed by atoms with E-state index in [0.29, 0.717) is 24.3 Å². The zero-order valence-corrected chi connectivity index (χ0v) is 11.4. The Labute approximate surface area is 117 Å². The summed E-state index contributed by atoms with van der Waals surface area (Å²) in [7, 11) is 1.37. The van der Waals surface area contributed by atoms with E-state index in [1.54, 1.807) is 0 Å². The lowest BCUT2D eigenvalue weighted by Gasteiger charge is -2.18. The van der Waals surface area contributed by atoms with Crippen LogP contribution in [0.25, 0.3) is 0 Å². The lowest BCUT2D eigenvalue weighted by atomic mass is 9.89. The monoisotopic (exact) mass is 281 g/mol. The maximum absolute atomic E-state index is 11.6. The number of carbonyl (C=O) groups excluding carboxylic acids is 2. The number of ether oxygens (including phenoxy) is 1. The van der Waals surface area contributed by atoms with Gasteiger partial charge in [0.15, 0.2) is 0 Å². The fourth-order valence-electron chi connectivity index (χ4n) is 2.42. The van der Waals surface area contributed by atoms with Crippen molar-refractivity contribution in [2.75, 3.05) is 7.11 Å². The summed E-state index contributed by atoms with van der Waals surface area (Å²) in [5.41, 5.74) is 1.07. The van der Waals surface area contributed by atoms with Crippen LogP contribution >= 0.6 is 11.6 Å². The maximum atomic E-state index is 11.6. The molecule has 1 aromatic carbocycles. The Morgan fingerprint density at radius 3 is 2.74 bits per heavy atom. The molecule has 4 nitrogen and oxygen atoms in total. The largest absolute Gasteiger partial charge is 0.469 e. The summed E-state index contributed by atoms with van der Waals surface area (Å²) in [6, 6.07) is 7.47. The van der Waals surface area contributed by atoms with E-state index in [0.717, 1.165) is 5.56 Å². The van der Waals surface area contributed by atoms with Crippen molar-refractivity contribution in [1.29, 1.82) is 0 Å². The molecule has 1 heterocycles. The normalized spacial score (nSPS) is 22.1. The molecule has 1 N–H and O–H groups in total. The number of esters is 1. The first kappa shape index (κ1) is 13.9. The van der Waals surface area contributed by atoms with Crippen molar-refractivity contribution in [2.24, 2.45) is 0 Å². The molecule has 0 aliphatic carbocycles. The van der Waals surface area contributed by atoms with Crippen LogP contribution in [0.2, 0.25) is 5.02 Å². The molecule has 1 aromatic rings. The topological polar surface area (TPSA) is 55.4 Å². The zero-order valence-electron chi connectivity index (χ0n) is 10.7. The predicted molar refractivity (Wildman–Crippen MR) is 72.0 cm³/mol. The number of hydrogen-bond acceptors (Lipinski definition) is 3. The third kappa shape index (κ3) is 3.47. The van der Waals surface area contributed by atoms with E-state index in [4.69, 9.17) is 11.6 Å². The molecular weight excluding hydrogens is 266 g/mol. The zero-order chi connectivity index (χ0) is 13.8. The van der Waals surface area contributed by atoms with Crippen LogP contribution in [-0.2, 0) is 14.3 Å². The number of rotatable bonds is 4. The third-order valence-electron chi connectivity index (χ3n) is 3.42. The Morgan fingerprint density at radius 2 is 2.11 bits per heavy atom. The number of hydrogen-bond donors (Lipinski definition) is 1. The standard InChI is InChI=1S/C14H16ClNO3/c1-19-14(18)7-6-12-11(8-13(17)16-12)9-2-4-10(15)5-3-9/h2-5,11-12H,6-8H2,1H3,(H,16,17). The summed E-state index contributed by atoms with van der Waals surface area (Å²) in [4.78, 5) is 22.8. The SMILES string of the molecule is COC(=O)CCC1NC(=O)CC1c1ccc(Cl)cc1. The number of methoxy groups -OCH3 is 1. The Hall–Kier alpha value is -1.55. The second-order valence-electron chi connectivity index (χ2n) is 4.65. The van der Waals surface area contributed by atoms with Gasteiger partial charge in [-0.05, 0) is 24.1 Å². The van der Waals surface area contributed by atoms with Gasteiger partial charge >= 0.3 is 5.97 Å². The smallest absolute Gasteiger partial charge is 0.305 e. The van der Waals surface area contributed by atoms with E-state index < -0.39 is 0 Å². The molecule has 102 valence electrons. The summed E-state index contributed by atoms with van der Waals surface area (Å²) in [6.45, 7) is 0. The van der Waals surface area contributed by atoms with Crippen molar-refractivity contribution >= 4 is 23.5 Å². The van der Waals surface area contributed by atoms with Crippen LogP contribution in [0.1, 0.15) is 30.7 Å². The highest BCUT2D eigenvalue weighted by atomic mass is 35.5. The Balaban J connectivity index is 2.06. The summed E-state index contributed by atoms with van der Waals surface area (Å²) < 4.78 is 4.62. The fourth-order valence-corrected chi connectivity index (χ4v) is 2.54. The van der Waals surface area contributed by atoms with Gasteiger partial charge in [-0.25, -0.2) is 0 Å². The van der Waals surface area contributed by atoms with Gasteiger partial charge in [-0.3, -0.25) is 9.59 Å². The van der Waals surface area contributed by atoms with Crippen LogP contribution in [0.4, 0.5) is 0 Å². The number of nitrogens with one attached hydrogen (secondary N) is 1. The van der Waals surface area contributed by atoms with Crippen LogP contribution in [0.15, 0.2) is 24.3 Å². The van der Waals surface area contributed by atoms with Crippen molar-refractivity contribution in [1.82, 2.24) is 5.32 Å². The van der Waals surface area contributed by atoms with Crippen LogP contribution < -0.4 is 5.32 Å². The van der Waals surface area contributed by atoms with Crippen molar-refractivity contribution in [3.8, 4) is 0 Å². The van der Waals surface area contributed by atoms with Crippen molar-refractivity contribution in [2.45, 2.75) is 31.2 Å². The summed E-state index contributed by atoms with van der Waals surface area (Å²) in [5, 5.41) is 3.59. The highest BCUT2D eigenvalue weighted by molar-refractivity contribution is 6.30. The van der Waals surface area contributed by atoms with E-state index in [9.17, 15) is 9.59 Å². The summed E-state index contributed by atoms with van der Waals surface area (Å²) >= 11 is 5.86. The van der Waals surface area contributed by atoms with Gasteiger partial charge in [0.2, 0.25) is 5.91 Å². The quantitative estimate of drug-likeness (QED) is 0.862. The van der Waals surface area contributed by atoms with E-state index >= 15 is 0 Å². The van der Waals surface area contributed by atoms with Gasteiger partial charge in [0.05, 0.1) is 7.11 Å². The highest BCUT2D eigenvalue weighted by Gasteiger charge is 2.33. The average molecular weight is 282 g/mol. The molecule has 1 fully saturated rings. The maximum Gasteiger partial charge on any atom is 0.305 e. The average Bonchev–Trinajstić information content (AvgIpc) is 2.78. The molecule has 0 spiro atoms. The first-order valence-electron chi connectivity index (χ1n) is 6.22. The molecule has 0 bridgehead atoms. The number of amides is 1. The molecule has 1 saturated heterocycles. The van der Waals surface area contributed by atoms with Crippen LogP contribution in [0.5, 0.6) is 0 Å². The van der Waals surface area contributed by atoms with E-state index in [1.807, 2.05) is 24.3 Å². The van der Waals surface area contributed by atoms with Crippen LogP contribution in [0, 0.1) is 0 Å². The molecule has 19 heavy (non-hydrogen) atoms. The van der Waals surface area contributed by atoms with Crippen LogP contribution in [-0.4, -0.2) is 25.0 Å². The van der Waals surface area contributed by atoms with E-state index in [2.05, 4.69) is 10.1 Å². The van der Waals surface area contributed by atoms with Gasteiger partial charge in [0.1, 0.15) is 0 Å². The first-order chi connectivity index (χ1) is 9.10. The molecule has 1 aliphatic rings. The lowest BCUT2D eigenvalue weighted by molar-refractivity contribution is -0.140. The molecule has 2 unspecified atom stereocenters. The van der Waals surface area contributed by atoms with Gasteiger partial charge in [0, 0.05) is 29.8 Å². The Bertz CT molecular complexity index is 472. The molecule has 2 rings (SSSR count). The van der Waals surface area contributed by atoms with Crippen molar-refractivity contribution in [3.63, 3.8) is 0 Å². The van der Waals surface area contributed by atoms with Crippen LogP contribution in [0.3, 0.4) is 0 Å². The first-order valence-corrected chi connectivity index (χ1v) is 6.59. The molecule has 5 heteroatoms. The minimum Gasteiger partial charge on any atom is -0.469 e. The van der Waals surface area contributed by atoms with Crippen molar-refractivity contribution in [3.05, 3.63) is 34.9 Å². The second-order valence-corrected chi connectivity index (χ2v) is 5.09. The van der Waals surface area contributed by atoms with Gasteiger partial charge in [0.25, 0.3) is 0 Å². The van der Waals surface area contributed by atoms with Gasteiger partial charge in [-0.2, -0.15) is 0 Å². The molecule has 0 saturated carbocycles. The lowest BCUT2D eigenvalue weighted by Crippen LogP contribution is -2.29. The molecule has 0 radical (unpaired) electrons. The molecule has 1 aliphatic heterocycles. The van der Waals surface area contributed by atoms with E-state index in [1.165, 1.54) is 7.11 Å². The predicted octanol–water partition coefficient (Wildman–Crippen LogP) is 2.27. The number of carbonyl (C=O) groups is 2. The molecular formula is C14H16ClNO3. The summed E-state index contributed by atoms with van der Waals surface area (Å²) in [6.07, 6.45) is 1.35. The molecule has 0 aromatic heterocycles. The molecule has 2 atom stereocenters.